The zero-order valence-corrected chi connectivity index (χ0v) is 18.8. The molecule has 1 unspecified atom stereocenters. The van der Waals surface area contributed by atoms with E-state index in [4.69, 9.17) is 9.63 Å². The second-order valence-corrected chi connectivity index (χ2v) is 7.82. The lowest BCUT2D eigenvalue weighted by Crippen LogP contribution is -2.30. The van der Waals surface area contributed by atoms with Crippen LogP contribution in [0.5, 0.6) is 0 Å². The summed E-state index contributed by atoms with van der Waals surface area (Å²) in [5.74, 6) is -0.913. The lowest BCUT2D eigenvalue weighted by molar-refractivity contribution is -0.142. The lowest BCUT2D eigenvalue weighted by atomic mass is 10.1. The number of aliphatic hydroxyl groups excluding tert-OH is 2. The molecule has 0 spiro atoms. The molecule has 1 atom stereocenters. The maximum absolute atomic E-state index is 13.9. The number of nitrogens with zero attached hydrogens (tertiary/aromatic N) is 4. The van der Waals surface area contributed by atoms with E-state index in [1.165, 1.54) is 36.4 Å². The molecule has 0 aliphatic heterocycles. The lowest BCUT2D eigenvalue weighted by Gasteiger charge is -2.11. The van der Waals surface area contributed by atoms with Crippen molar-refractivity contribution in [2.75, 3.05) is 13.2 Å². The van der Waals surface area contributed by atoms with E-state index in [1.807, 2.05) is 0 Å². The number of nitrogens with one attached hydrogen (secondary N) is 1. The zero-order chi connectivity index (χ0) is 25.7. The largest absolute Gasteiger partial charge is 0.434 e. The predicted octanol–water partition coefficient (Wildman–Crippen LogP) is 3.53. The quantitative estimate of drug-likeness (QED) is 0.300. The van der Waals surface area contributed by atoms with Crippen molar-refractivity contribution in [2.45, 2.75) is 25.1 Å². The minimum atomic E-state index is -4.74. The summed E-state index contributed by atoms with van der Waals surface area (Å²) in [4.78, 5) is 16.2. The van der Waals surface area contributed by atoms with Crippen LogP contribution < -0.4 is 5.32 Å². The number of alkyl halides is 3. The molecule has 9 nitrogen and oxygen atoms in total. The second kappa shape index (κ2) is 10.7. The highest BCUT2D eigenvalue weighted by Crippen LogP contribution is 2.38. The van der Waals surface area contributed by atoms with Crippen LogP contribution in [-0.4, -0.2) is 49.2 Å². The summed E-state index contributed by atoms with van der Waals surface area (Å²) in [6, 6.07) is 13.9. The van der Waals surface area contributed by atoms with E-state index in [2.05, 4.69) is 20.6 Å². The van der Waals surface area contributed by atoms with Gasteiger partial charge in [-0.25, -0.2) is 4.68 Å². The van der Waals surface area contributed by atoms with Crippen LogP contribution in [0.2, 0.25) is 0 Å². The van der Waals surface area contributed by atoms with Gasteiger partial charge in [-0.2, -0.15) is 23.3 Å². The molecule has 0 aliphatic carbocycles. The number of carbonyl (C=O) groups excluding carboxylic acids is 1. The SMILES string of the molecule is O=C(NCCCCO)C(O)c1ccc(-c2noc(-c3cnn(-c4ccccc4)c3C(F)(F)F)n2)cc1. The number of hydrogen-bond acceptors (Lipinski definition) is 7. The van der Waals surface area contributed by atoms with Crippen LogP contribution >= 0.6 is 0 Å². The Morgan fingerprint density at radius 3 is 2.47 bits per heavy atom. The number of benzene rings is 2. The number of hydrogen-bond donors (Lipinski definition) is 3. The number of rotatable bonds is 9. The summed E-state index contributed by atoms with van der Waals surface area (Å²) < 4.78 is 47.7. The fraction of sp³-hybridized carbons (Fsp3) is 0.250. The molecule has 2 aromatic carbocycles. The molecule has 0 aliphatic rings. The van der Waals surface area contributed by atoms with Gasteiger partial charge in [0, 0.05) is 18.7 Å². The van der Waals surface area contributed by atoms with E-state index < -0.39 is 23.9 Å². The minimum absolute atomic E-state index is 0.0184. The second-order valence-electron chi connectivity index (χ2n) is 7.82. The molecule has 36 heavy (non-hydrogen) atoms. The van der Waals surface area contributed by atoms with Gasteiger partial charge >= 0.3 is 6.18 Å². The molecule has 4 rings (SSSR count). The summed E-state index contributed by atoms with van der Waals surface area (Å²) in [5, 5.41) is 29.2. The van der Waals surface area contributed by atoms with Gasteiger partial charge in [-0.15, -0.1) is 0 Å². The Hall–Kier alpha value is -4.03. The Bertz CT molecular complexity index is 1300. The highest BCUT2D eigenvalue weighted by atomic mass is 19.4. The number of carbonyl (C=O) groups is 1. The highest BCUT2D eigenvalue weighted by Gasteiger charge is 2.40. The third-order valence-corrected chi connectivity index (χ3v) is 5.31. The molecule has 1 amide bonds. The van der Waals surface area contributed by atoms with Crippen LogP contribution in [0, 0.1) is 0 Å². The first-order valence-electron chi connectivity index (χ1n) is 11.0. The van der Waals surface area contributed by atoms with Gasteiger partial charge in [-0.3, -0.25) is 4.79 Å². The van der Waals surface area contributed by atoms with E-state index >= 15 is 0 Å². The molecule has 2 aromatic heterocycles. The van der Waals surface area contributed by atoms with E-state index in [0.29, 0.717) is 30.5 Å². The number of para-hydroxylation sites is 1. The average molecular weight is 501 g/mol. The van der Waals surface area contributed by atoms with Crippen LogP contribution in [0.4, 0.5) is 13.2 Å². The van der Waals surface area contributed by atoms with Gasteiger partial charge in [0.05, 0.1) is 17.4 Å². The Balaban J connectivity index is 1.55. The molecule has 12 heteroatoms. The number of unbranched alkanes of at least 4 members (excludes halogenated alkanes) is 1. The monoisotopic (exact) mass is 501 g/mol. The Kier molecular flexibility index (Phi) is 7.46. The topological polar surface area (TPSA) is 126 Å². The van der Waals surface area contributed by atoms with Crippen molar-refractivity contribution >= 4 is 5.91 Å². The highest BCUT2D eigenvalue weighted by molar-refractivity contribution is 5.82. The van der Waals surface area contributed by atoms with Crippen LogP contribution in [0.1, 0.15) is 30.2 Å². The van der Waals surface area contributed by atoms with E-state index in [-0.39, 0.29) is 29.6 Å². The first kappa shape index (κ1) is 25.1. The summed E-state index contributed by atoms with van der Waals surface area (Å²) in [5.41, 5.74) is -0.469. The Morgan fingerprint density at radius 1 is 1.08 bits per heavy atom. The van der Waals surface area contributed by atoms with Crippen molar-refractivity contribution in [1.82, 2.24) is 25.2 Å². The van der Waals surface area contributed by atoms with Crippen LogP contribution in [0.15, 0.2) is 65.3 Å². The molecule has 4 aromatic rings. The molecule has 0 fully saturated rings. The Labute approximate surface area is 203 Å². The number of aromatic nitrogens is 4. The van der Waals surface area contributed by atoms with Crippen molar-refractivity contribution in [3.63, 3.8) is 0 Å². The maximum atomic E-state index is 13.9. The van der Waals surface area contributed by atoms with Gasteiger partial charge in [-0.1, -0.05) is 47.6 Å². The minimum Gasteiger partial charge on any atom is -0.396 e. The third kappa shape index (κ3) is 5.44. The van der Waals surface area contributed by atoms with Crippen molar-refractivity contribution in [2.24, 2.45) is 0 Å². The predicted molar refractivity (Wildman–Crippen MR) is 122 cm³/mol. The molecule has 0 saturated carbocycles. The molecule has 3 N–H and O–H groups in total. The van der Waals surface area contributed by atoms with Gasteiger partial charge in [0.25, 0.3) is 11.8 Å². The van der Waals surface area contributed by atoms with Crippen LogP contribution in [0.3, 0.4) is 0 Å². The summed E-state index contributed by atoms with van der Waals surface area (Å²) in [6.45, 7) is 0.339. The van der Waals surface area contributed by atoms with Crippen molar-refractivity contribution in [1.29, 1.82) is 0 Å². The first-order chi connectivity index (χ1) is 17.3. The maximum Gasteiger partial charge on any atom is 0.434 e. The normalized spacial score (nSPS) is 12.5. The smallest absolute Gasteiger partial charge is 0.396 e. The van der Waals surface area contributed by atoms with Crippen LogP contribution in [-0.2, 0) is 11.0 Å². The van der Waals surface area contributed by atoms with Gasteiger partial charge < -0.3 is 20.1 Å². The molecule has 0 radical (unpaired) electrons. The molecule has 188 valence electrons. The van der Waals surface area contributed by atoms with Gasteiger partial charge in [-0.05, 0) is 30.5 Å². The summed E-state index contributed by atoms with van der Waals surface area (Å²) in [6.07, 6.45) is -4.02. The van der Waals surface area contributed by atoms with Crippen molar-refractivity contribution < 1.29 is 32.7 Å². The van der Waals surface area contributed by atoms with Crippen LogP contribution in [0.25, 0.3) is 28.5 Å². The fourth-order valence-corrected chi connectivity index (χ4v) is 3.50. The summed E-state index contributed by atoms with van der Waals surface area (Å²) in [7, 11) is 0. The molecule has 2 heterocycles. The van der Waals surface area contributed by atoms with Crippen molar-refractivity contribution in [3.05, 3.63) is 72.1 Å². The van der Waals surface area contributed by atoms with Gasteiger partial charge in [0.1, 0.15) is 0 Å². The molecular weight excluding hydrogens is 479 g/mol. The number of amides is 1. The van der Waals surface area contributed by atoms with E-state index in [9.17, 15) is 23.1 Å². The van der Waals surface area contributed by atoms with E-state index in [0.717, 1.165) is 10.9 Å². The number of halogens is 3. The number of aliphatic hydroxyl groups is 2. The van der Waals surface area contributed by atoms with Gasteiger partial charge in [0.15, 0.2) is 11.8 Å². The summed E-state index contributed by atoms with van der Waals surface area (Å²) >= 11 is 0. The fourth-order valence-electron chi connectivity index (χ4n) is 3.50. The standard InChI is InChI=1S/C24H22F3N5O4/c25-24(26,27)20-18(14-29-32(20)17-6-2-1-3-7-17)23-30-21(31-36-23)16-10-8-15(9-11-16)19(34)22(35)28-12-4-5-13-33/h1-3,6-11,14,19,33-34H,4-5,12-13H2,(H,28,35). The first-order valence-corrected chi connectivity index (χ1v) is 11.0. The Morgan fingerprint density at radius 2 is 1.81 bits per heavy atom. The molecule has 0 bridgehead atoms. The average Bonchev–Trinajstić information content (AvgIpc) is 3.54. The van der Waals surface area contributed by atoms with E-state index in [1.54, 1.807) is 18.2 Å². The van der Waals surface area contributed by atoms with Gasteiger partial charge in [0.2, 0.25) is 5.82 Å². The third-order valence-electron chi connectivity index (χ3n) is 5.31. The molecular formula is C24H22F3N5O4. The molecule has 0 saturated heterocycles. The van der Waals surface area contributed by atoms with Crippen molar-refractivity contribution in [3.8, 4) is 28.5 Å². The zero-order valence-electron chi connectivity index (χ0n) is 18.8.